The first-order valence-electron chi connectivity index (χ1n) is 12.9. The molecule has 3 N–H and O–H groups in total. The van der Waals surface area contributed by atoms with Gasteiger partial charge in [-0.05, 0) is 56.4 Å². The second-order valence-corrected chi connectivity index (χ2v) is 9.84. The molecule has 4 amide bonds. The van der Waals surface area contributed by atoms with Crippen molar-refractivity contribution in [1.29, 1.82) is 0 Å². The molecule has 12 nitrogen and oxygen atoms in total. The van der Waals surface area contributed by atoms with E-state index in [1.165, 1.54) is 6.92 Å². The maximum atomic E-state index is 13.4. The van der Waals surface area contributed by atoms with Crippen molar-refractivity contribution >= 4 is 52.1 Å². The molecular formula is C27H30N6O6. The van der Waals surface area contributed by atoms with Gasteiger partial charge in [0.2, 0.25) is 23.5 Å². The van der Waals surface area contributed by atoms with Gasteiger partial charge in [0.05, 0.1) is 6.61 Å². The minimum atomic E-state index is -0.602. The number of hydrogen-bond acceptors (Lipinski definition) is 8. The van der Waals surface area contributed by atoms with Crippen molar-refractivity contribution in [1.82, 2.24) is 14.9 Å². The van der Waals surface area contributed by atoms with Crippen LogP contribution in [0.2, 0.25) is 0 Å². The summed E-state index contributed by atoms with van der Waals surface area (Å²) < 4.78 is 11.1. The number of hydrogen-bond donors (Lipinski definition) is 3. The summed E-state index contributed by atoms with van der Waals surface area (Å²) >= 11 is 0. The number of nitrogens with one attached hydrogen (secondary N) is 3. The van der Waals surface area contributed by atoms with Crippen LogP contribution in [0, 0.1) is 12.8 Å². The molecule has 0 radical (unpaired) electrons. The van der Waals surface area contributed by atoms with Crippen LogP contribution in [-0.4, -0.2) is 64.3 Å². The quantitative estimate of drug-likeness (QED) is 0.436. The molecule has 12 heteroatoms. The lowest BCUT2D eigenvalue weighted by Gasteiger charge is -2.38. The predicted molar refractivity (Wildman–Crippen MR) is 142 cm³/mol. The van der Waals surface area contributed by atoms with E-state index < -0.39 is 5.91 Å². The summed E-state index contributed by atoms with van der Waals surface area (Å²) in [5, 5.41) is 8.17. The average Bonchev–Trinajstić information content (AvgIpc) is 3.27. The van der Waals surface area contributed by atoms with Crippen molar-refractivity contribution in [2.75, 3.05) is 35.7 Å². The number of ether oxygens (including phenoxy) is 1. The fraction of sp³-hybridized carbons (Fsp3) is 0.407. The van der Waals surface area contributed by atoms with Crippen LogP contribution in [0.5, 0.6) is 0 Å². The number of morpholine rings is 1. The van der Waals surface area contributed by atoms with Gasteiger partial charge in [-0.2, -0.15) is 0 Å². The standard InChI is InChI=1S/C27H30N6O6/c1-15-3-9-20(28-13-15)31-27(37)25-24(23-19(39-25)8-10-21(30-23)29-16(2)34)32-26(36)17-4-6-18(7-5-17)33-11-12-38-14-22(33)35/h3,8-10,13,17-18H,4-7,11-12,14H2,1-2H3,(H,32,36)(H,28,31,37)(H,29,30,34). The SMILES string of the molecule is CC(=O)Nc1ccc2oc(C(=O)Nc3ccc(C)cn3)c(NC(=O)C3CCC(N4CCOCC4=O)CC3)c2n1. The zero-order valence-corrected chi connectivity index (χ0v) is 21.8. The first kappa shape index (κ1) is 26.3. The largest absolute Gasteiger partial charge is 0.447 e. The van der Waals surface area contributed by atoms with Gasteiger partial charge < -0.3 is 30.0 Å². The van der Waals surface area contributed by atoms with Crippen LogP contribution in [-0.2, 0) is 19.1 Å². The lowest BCUT2D eigenvalue weighted by molar-refractivity contribution is -0.146. The van der Waals surface area contributed by atoms with E-state index >= 15 is 0 Å². The molecule has 0 atom stereocenters. The zero-order valence-electron chi connectivity index (χ0n) is 21.8. The minimum absolute atomic E-state index is 0.0150. The van der Waals surface area contributed by atoms with E-state index in [9.17, 15) is 19.2 Å². The third-order valence-electron chi connectivity index (χ3n) is 6.98. The molecule has 2 fully saturated rings. The van der Waals surface area contributed by atoms with Crippen LogP contribution in [0.4, 0.5) is 17.3 Å². The topological polar surface area (TPSA) is 156 Å². The van der Waals surface area contributed by atoms with E-state index in [4.69, 9.17) is 9.15 Å². The Hall–Kier alpha value is -4.32. The smallest absolute Gasteiger partial charge is 0.294 e. The monoisotopic (exact) mass is 534 g/mol. The summed E-state index contributed by atoms with van der Waals surface area (Å²) in [7, 11) is 0. The molecule has 1 aliphatic carbocycles. The van der Waals surface area contributed by atoms with E-state index in [2.05, 4.69) is 25.9 Å². The van der Waals surface area contributed by atoms with Crippen LogP contribution < -0.4 is 16.0 Å². The molecule has 0 bridgehead atoms. The Morgan fingerprint density at radius 3 is 2.46 bits per heavy atom. The maximum Gasteiger partial charge on any atom is 0.294 e. The van der Waals surface area contributed by atoms with Crippen molar-refractivity contribution in [3.8, 4) is 0 Å². The van der Waals surface area contributed by atoms with E-state index in [-0.39, 0.29) is 64.7 Å². The molecule has 1 aliphatic heterocycles. The molecule has 3 aromatic rings. The Labute approximate surface area is 224 Å². The number of carbonyl (C=O) groups excluding carboxylic acids is 4. The van der Waals surface area contributed by atoms with Gasteiger partial charge in [-0.1, -0.05) is 6.07 Å². The molecule has 3 aromatic heterocycles. The third kappa shape index (κ3) is 5.90. The molecule has 1 saturated carbocycles. The fourth-order valence-electron chi connectivity index (χ4n) is 5.01. The lowest BCUT2D eigenvalue weighted by Crippen LogP contribution is -2.49. The van der Waals surface area contributed by atoms with Gasteiger partial charge >= 0.3 is 0 Å². The highest BCUT2D eigenvalue weighted by atomic mass is 16.5. The Morgan fingerprint density at radius 2 is 1.77 bits per heavy atom. The Morgan fingerprint density at radius 1 is 1.00 bits per heavy atom. The molecule has 204 valence electrons. The minimum Gasteiger partial charge on any atom is -0.447 e. The number of aryl methyl sites for hydroxylation is 1. The summed E-state index contributed by atoms with van der Waals surface area (Å²) in [5.41, 5.74) is 1.57. The number of carbonyl (C=O) groups is 4. The van der Waals surface area contributed by atoms with Gasteiger partial charge in [-0.15, -0.1) is 0 Å². The van der Waals surface area contributed by atoms with Crippen LogP contribution in [0.15, 0.2) is 34.9 Å². The number of anilines is 3. The average molecular weight is 535 g/mol. The van der Waals surface area contributed by atoms with Crippen molar-refractivity contribution < 1.29 is 28.3 Å². The number of rotatable bonds is 6. The second kappa shape index (κ2) is 11.2. The van der Waals surface area contributed by atoms with Gasteiger partial charge in [0.1, 0.15) is 29.4 Å². The van der Waals surface area contributed by atoms with Gasteiger partial charge in [0.25, 0.3) is 5.91 Å². The molecule has 39 heavy (non-hydrogen) atoms. The van der Waals surface area contributed by atoms with Crippen molar-refractivity contribution in [3.05, 3.63) is 41.8 Å². The first-order chi connectivity index (χ1) is 18.8. The van der Waals surface area contributed by atoms with E-state index in [0.717, 1.165) is 5.56 Å². The molecule has 0 aromatic carbocycles. The maximum absolute atomic E-state index is 13.4. The van der Waals surface area contributed by atoms with Gasteiger partial charge in [-0.25, -0.2) is 9.97 Å². The Bertz CT molecular complexity index is 1410. The van der Waals surface area contributed by atoms with Gasteiger partial charge in [0.15, 0.2) is 5.58 Å². The first-order valence-corrected chi connectivity index (χ1v) is 12.9. The number of aromatic nitrogens is 2. The van der Waals surface area contributed by atoms with E-state index in [1.807, 2.05) is 17.9 Å². The highest BCUT2D eigenvalue weighted by molar-refractivity contribution is 6.14. The summed E-state index contributed by atoms with van der Waals surface area (Å²) in [6.07, 6.45) is 4.21. The number of amides is 4. The van der Waals surface area contributed by atoms with Crippen LogP contribution >= 0.6 is 0 Å². The van der Waals surface area contributed by atoms with Crippen LogP contribution in [0.3, 0.4) is 0 Å². The van der Waals surface area contributed by atoms with Crippen molar-refractivity contribution in [3.63, 3.8) is 0 Å². The van der Waals surface area contributed by atoms with Crippen LogP contribution in [0.25, 0.3) is 11.1 Å². The molecule has 5 rings (SSSR count). The molecular weight excluding hydrogens is 504 g/mol. The number of fused-ring (bicyclic) bond motifs is 1. The Balaban J connectivity index is 1.37. The highest BCUT2D eigenvalue weighted by Gasteiger charge is 2.34. The summed E-state index contributed by atoms with van der Waals surface area (Å²) in [6.45, 7) is 4.44. The lowest BCUT2D eigenvalue weighted by atomic mass is 9.84. The summed E-state index contributed by atoms with van der Waals surface area (Å²) in [4.78, 5) is 60.9. The molecule has 0 spiro atoms. The Kier molecular flexibility index (Phi) is 7.55. The number of pyridine rings is 2. The summed E-state index contributed by atoms with van der Waals surface area (Å²) in [6, 6.07) is 6.70. The third-order valence-corrected chi connectivity index (χ3v) is 6.98. The fourth-order valence-corrected chi connectivity index (χ4v) is 5.01. The normalized spacial score (nSPS) is 19.5. The molecule has 4 heterocycles. The van der Waals surface area contributed by atoms with Gasteiger partial charge in [-0.3, -0.25) is 19.2 Å². The van der Waals surface area contributed by atoms with E-state index in [0.29, 0.717) is 44.7 Å². The second-order valence-electron chi connectivity index (χ2n) is 9.84. The zero-order chi connectivity index (χ0) is 27.5. The van der Waals surface area contributed by atoms with E-state index in [1.54, 1.807) is 24.4 Å². The number of nitrogens with zero attached hydrogens (tertiary/aromatic N) is 3. The molecule has 0 unspecified atom stereocenters. The van der Waals surface area contributed by atoms with Crippen molar-refractivity contribution in [2.24, 2.45) is 5.92 Å². The number of furan rings is 1. The van der Waals surface area contributed by atoms with Crippen LogP contribution in [0.1, 0.15) is 48.7 Å². The van der Waals surface area contributed by atoms with Crippen molar-refractivity contribution in [2.45, 2.75) is 45.6 Å². The van der Waals surface area contributed by atoms with Gasteiger partial charge in [0, 0.05) is 31.6 Å². The highest BCUT2D eigenvalue weighted by Crippen LogP contribution is 2.34. The molecule has 2 aliphatic rings. The summed E-state index contributed by atoms with van der Waals surface area (Å²) in [5.74, 6) is -1.04. The molecule has 1 saturated heterocycles. The predicted octanol–water partition coefficient (Wildman–Crippen LogP) is 3.10.